The number of nitrogens with one attached hydrogen (secondary N) is 1. The van der Waals surface area contributed by atoms with Crippen LogP contribution in [0.1, 0.15) is 0 Å². The summed E-state index contributed by atoms with van der Waals surface area (Å²) >= 11 is 7.54. The van der Waals surface area contributed by atoms with Crippen molar-refractivity contribution in [2.45, 2.75) is 0 Å². The van der Waals surface area contributed by atoms with Crippen LogP contribution in [0.2, 0.25) is 5.02 Å². The van der Waals surface area contributed by atoms with Gasteiger partial charge in [0.2, 0.25) is 0 Å². The quantitative estimate of drug-likeness (QED) is 0.656. The SMILES string of the molecule is O=C(Nc1ccc(F)cc1)N1CCN(c2nc(-c3ccc(Cl)cc3)cs2)CC1. The lowest BCUT2D eigenvalue weighted by atomic mass is 10.2. The molecule has 1 fully saturated rings. The Morgan fingerprint density at radius 3 is 2.39 bits per heavy atom. The molecule has 1 N–H and O–H groups in total. The summed E-state index contributed by atoms with van der Waals surface area (Å²) in [6.07, 6.45) is 0. The number of nitrogens with zero attached hydrogens (tertiary/aromatic N) is 3. The van der Waals surface area contributed by atoms with Crippen molar-refractivity contribution in [3.8, 4) is 11.3 Å². The molecule has 144 valence electrons. The van der Waals surface area contributed by atoms with E-state index >= 15 is 0 Å². The molecule has 1 aromatic heterocycles. The molecule has 28 heavy (non-hydrogen) atoms. The van der Waals surface area contributed by atoms with Crippen LogP contribution in [-0.2, 0) is 0 Å². The minimum Gasteiger partial charge on any atom is -0.345 e. The third kappa shape index (κ3) is 4.26. The van der Waals surface area contributed by atoms with E-state index in [-0.39, 0.29) is 11.8 Å². The first kappa shape index (κ1) is 18.7. The highest BCUT2D eigenvalue weighted by molar-refractivity contribution is 7.14. The van der Waals surface area contributed by atoms with Crippen LogP contribution in [0, 0.1) is 5.82 Å². The number of aromatic nitrogens is 1. The number of anilines is 2. The van der Waals surface area contributed by atoms with Crippen molar-refractivity contribution in [2.75, 3.05) is 36.4 Å². The highest BCUT2D eigenvalue weighted by Crippen LogP contribution is 2.29. The van der Waals surface area contributed by atoms with Gasteiger partial charge in [-0.05, 0) is 36.4 Å². The summed E-state index contributed by atoms with van der Waals surface area (Å²) in [6.45, 7) is 2.63. The van der Waals surface area contributed by atoms with E-state index in [1.807, 2.05) is 29.6 Å². The van der Waals surface area contributed by atoms with Crippen LogP contribution in [0.4, 0.5) is 20.0 Å². The van der Waals surface area contributed by atoms with Crippen molar-refractivity contribution in [1.29, 1.82) is 0 Å². The number of hydrogen-bond acceptors (Lipinski definition) is 4. The topological polar surface area (TPSA) is 48.5 Å². The molecule has 0 unspecified atom stereocenters. The Morgan fingerprint density at radius 2 is 1.71 bits per heavy atom. The zero-order valence-corrected chi connectivity index (χ0v) is 16.5. The van der Waals surface area contributed by atoms with E-state index in [4.69, 9.17) is 16.6 Å². The van der Waals surface area contributed by atoms with Crippen molar-refractivity contribution < 1.29 is 9.18 Å². The molecule has 1 saturated heterocycles. The molecule has 0 bridgehead atoms. The smallest absolute Gasteiger partial charge is 0.321 e. The van der Waals surface area contributed by atoms with Crippen LogP contribution in [0.3, 0.4) is 0 Å². The lowest BCUT2D eigenvalue weighted by molar-refractivity contribution is 0.208. The molecule has 2 amide bonds. The average Bonchev–Trinajstić information content (AvgIpc) is 3.20. The number of benzene rings is 2. The predicted octanol–water partition coefficient (Wildman–Crippen LogP) is 4.96. The Balaban J connectivity index is 1.34. The number of carbonyl (C=O) groups is 1. The van der Waals surface area contributed by atoms with Gasteiger partial charge in [0.05, 0.1) is 5.69 Å². The summed E-state index contributed by atoms with van der Waals surface area (Å²) in [5.74, 6) is -0.326. The third-order valence-corrected chi connectivity index (χ3v) is 5.72. The highest BCUT2D eigenvalue weighted by Gasteiger charge is 2.23. The normalized spacial score (nSPS) is 14.2. The van der Waals surface area contributed by atoms with Crippen LogP contribution in [-0.4, -0.2) is 42.1 Å². The molecule has 0 radical (unpaired) electrons. The molecular formula is C20H18ClFN4OS. The van der Waals surface area contributed by atoms with E-state index in [1.165, 1.54) is 12.1 Å². The van der Waals surface area contributed by atoms with Crippen LogP contribution in [0.25, 0.3) is 11.3 Å². The van der Waals surface area contributed by atoms with E-state index in [1.54, 1.807) is 28.4 Å². The first-order valence-corrected chi connectivity index (χ1v) is 10.1. The molecule has 0 atom stereocenters. The summed E-state index contributed by atoms with van der Waals surface area (Å²) in [5, 5.41) is 6.49. The van der Waals surface area contributed by atoms with Gasteiger partial charge in [-0.15, -0.1) is 11.3 Å². The maximum atomic E-state index is 13.0. The Hall–Kier alpha value is -2.64. The molecule has 1 aliphatic rings. The standard InChI is InChI=1S/C20H18ClFN4OS/c21-15-3-1-14(2-4-15)18-13-28-20(24-18)26-11-9-25(10-12-26)19(27)23-17-7-5-16(22)6-8-17/h1-8,13H,9-12H2,(H,23,27). The number of rotatable bonds is 3. The van der Waals surface area contributed by atoms with E-state index in [0.717, 1.165) is 16.4 Å². The molecule has 0 aliphatic carbocycles. The van der Waals surface area contributed by atoms with Gasteiger partial charge in [0.1, 0.15) is 5.82 Å². The summed E-state index contributed by atoms with van der Waals surface area (Å²) in [6, 6.07) is 13.2. The van der Waals surface area contributed by atoms with Gasteiger partial charge in [0.25, 0.3) is 0 Å². The Labute approximate surface area is 171 Å². The number of urea groups is 1. The van der Waals surface area contributed by atoms with E-state index < -0.39 is 0 Å². The highest BCUT2D eigenvalue weighted by atomic mass is 35.5. The maximum Gasteiger partial charge on any atom is 0.321 e. The fraction of sp³-hybridized carbons (Fsp3) is 0.200. The first-order chi connectivity index (χ1) is 13.6. The summed E-state index contributed by atoms with van der Waals surface area (Å²) in [4.78, 5) is 21.1. The molecule has 2 heterocycles. The second-order valence-corrected chi connectivity index (χ2v) is 7.71. The van der Waals surface area contributed by atoms with Crippen molar-refractivity contribution in [1.82, 2.24) is 9.88 Å². The number of piperazine rings is 1. The number of carbonyl (C=O) groups excluding carboxylic acids is 1. The minimum absolute atomic E-state index is 0.174. The van der Waals surface area contributed by atoms with Crippen molar-refractivity contribution >= 4 is 39.8 Å². The van der Waals surface area contributed by atoms with E-state index in [9.17, 15) is 9.18 Å². The van der Waals surface area contributed by atoms with Crippen molar-refractivity contribution in [3.63, 3.8) is 0 Å². The minimum atomic E-state index is -0.326. The largest absolute Gasteiger partial charge is 0.345 e. The molecule has 1 aliphatic heterocycles. The third-order valence-electron chi connectivity index (χ3n) is 4.56. The molecule has 3 aromatic rings. The zero-order valence-electron chi connectivity index (χ0n) is 14.9. The number of amides is 2. The number of hydrogen-bond donors (Lipinski definition) is 1. The monoisotopic (exact) mass is 416 g/mol. The fourth-order valence-electron chi connectivity index (χ4n) is 3.00. The molecule has 0 spiro atoms. The number of halogens is 2. The summed E-state index contributed by atoms with van der Waals surface area (Å²) in [5.41, 5.74) is 2.54. The Bertz CT molecular complexity index is 953. The number of thiazole rings is 1. The van der Waals surface area contributed by atoms with Crippen LogP contribution < -0.4 is 10.2 Å². The fourth-order valence-corrected chi connectivity index (χ4v) is 4.01. The lowest BCUT2D eigenvalue weighted by Gasteiger charge is -2.34. The maximum absolute atomic E-state index is 13.0. The van der Waals surface area contributed by atoms with E-state index in [2.05, 4.69) is 10.2 Å². The molecule has 4 rings (SSSR count). The molecular weight excluding hydrogens is 399 g/mol. The van der Waals surface area contributed by atoms with Crippen molar-refractivity contribution in [3.05, 3.63) is 64.8 Å². The van der Waals surface area contributed by atoms with Gasteiger partial charge in [0, 0.05) is 47.8 Å². The second-order valence-electron chi connectivity index (χ2n) is 6.43. The average molecular weight is 417 g/mol. The van der Waals surface area contributed by atoms with Gasteiger partial charge in [-0.25, -0.2) is 14.2 Å². The zero-order chi connectivity index (χ0) is 19.5. The predicted molar refractivity (Wildman–Crippen MR) is 112 cm³/mol. The molecule has 0 saturated carbocycles. The second kappa shape index (κ2) is 8.16. The van der Waals surface area contributed by atoms with Gasteiger partial charge in [-0.1, -0.05) is 23.7 Å². The molecule has 8 heteroatoms. The van der Waals surface area contributed by atoms with Gasteiger partial charge in [-0.3, -0.25) is 0 Å². The molecule has 2 aromatic carbocycles. The van der Waals surface area contributed by atoms with Crippen LogP contribution in [0.15, 0.2) is 53.9 Å². The van der Waals surface area contributed by atoms with Gasteiger partial charge < -0.3 is 15.1 Å². The van der Waals surface area contributed by atoms with Crippen molar-refractivity contribution in [2.24, 2.45) is 0 Å². The first-order valence-electron chi connectivity index (χ1n) is 8.86. The van der Waals surface area contributed by atoms with Gasteiger partial charge in [-0.2, -0.15) is 0 Å². The van der Waals surface area contributed by atoms with Crippen LogP contribution in [0.5, 0.6) is 0 Å². The van der Waals surface area contributed by atoms with Gasteiger partial charge >= 0.3 is 6.03 Å². The van der Waals surface area contributed by atoms with Crippen LogP contribution >= 0.6 is 22.9 Å². The lowest BCUT2D eigenvalue weighted by Crippen LogP contribution is -2.50. The Morgan fingerprint density at radius 1 is 1.04 bits per heavy atom. The Kier molecular flexibility index (Phi) is 5.45. The summed E-state index contributed by atoms with van der Waals surface area (Å²) < 4.78 is 13.0. The van der Waals surface area contributed by atoms with Gasteiger partial charge in [0.15, 0.2) is 5.13 Å². The molecule has 5 nitrogen and oxygen atoms in total. The summed E-state index contributed by atoms with van der Waals surface area (Å²) in [7, 11) is 0. The van der Waals surface area contributed by atoms with E-state index in [0.29, 0.717) is 36.9 Å².